The maximum Gasteiger partial charge on any atom is 0.306 e. The summed E-state index contributed by atoms with van der Waals surface area (Å²) in [5.74, 6) is -0.461. The lowest BCUT2D eigenvalue weighted by Crippen LogP contribution is -2.21. The van der Waals surface area contributed by atoms with E-state index in [4.69, 9.17) is 9.47 Å². The Morgan fingerprint density at radius 2 is 1.65 bits per heavy atom. The molecule has 4 nitrogen and oxygen atoms in total. The van der Waals surface area contributed by atoms with E-state index in [1.54, 1.807) is 0 Å². The number of rotatable bonds is 9. The monoisotopic (exact) mass is 286 g/mol. The summed E-state index contributed by atoms with van der Waals surface area (Å²) in [6.07, 6.45) is 3.69. The molecule has 0 heterocycles. The van der Waals surface area contributed by atoms with E-state index in [-0.39, 0.29) is 36.3 Å². The van der Waals surface area contributed by atoms with E-state index in [0.29, 0.717) is 13.0 Å². The van der Waals surface area contributed by atoms with Gasteiger partial charge in [-0.3, -0.25) is 9.59 Å². The van der Waals surface area contributed by atoms with Crippen LogP contribution in [-0.4, -0.2) is 24.6 Å². The molecule has 0 N–H and O–H groups in total. The number of unbranched alkanes of at least 4 members (excludes halogenated alkanes) is 1. The van der Waals surface area contributed by atoms with Crippen molar-refractivity contribution in [1.82, 2.24) is 0 Å². The summed E-state index contributed by atoms with van der Waals surface area (Å²) >= 11 is 0. The van der Waals surface area contributed by atoms with Gasteiger partial charge in [-0.25, -0.2) is 0 Å². The first kappa shape index (κ1) is 18.9. The van der Waals surface area contributed by atoms with Crippen LogP contribution in [-0.2, 0) is 19.1 Å². The molecule has 118 valence electrons. The van der Waals surface area contributed by atoms with Crippen molar-refractivity contribution in [1.29, 1.82) is 0 Å². The summed E-state index contributed by atoms with van der Waals surface area (Å²) in [4.78, 5) is 22.9. The minimum absolute atomic E-state index is 0.0843. The Kier molecular flexibility index (Phi) is 9.26. The molecule has 20 heavy (non-hydrogen) atoms. The lowest BCUT2D eigenvalue weighted by molar-refractivity contribution is -0.149. The van der Waals surface area contributed by atoms with E-state index in [2.05, 4.69) is 20.8 Å². The van der Waals surface area contributed by atoms with Crippen LogP contribution in [0.4, 0.5) is 0 Å². The third-order valence-corrected chi connectivity index (χ3v) is 2.76. The minimum Gasteiger partial charge on any atom is -0.466 e. The molecule has 0 aliphatic carbocycles. The SMILES string of the molecule is CCCCOC(=O)CCCC(=O)OC(C)CC(C)(C)C. The van der Waals surface area contributed by atoms with Gasteiger partial charge >= 0.3 is 11.9 Å². The number of hydrogen-bond donors (Lipinski definition) is 0. The van der Waals surface area contributed by atoms with Gasteiger partial charge in [-0.05, 0) is 31.6 Å². The van der Waals surface area contributed by atoms with Crippen LogP contribution in [0.1, 0.15) is 73.1 Å². The third-order valence-electron chi connectivity index (χ3n) is 2.76. The topological polar surface area (TPSA) is 52.6 Å². The highest BCUT2D eigenvalue weighted by Gasteiger charge is 2.18. The molecule has 0 bridgehead atoms. The molecule has 0 aromatic heterocycles. The fourth-order valence-corrected chi connectivity index (χ4v) is 1.97. The molecule has 4 heteroatoms. The number of carbonyl (C=O) groups is 2. The van der Waals surface area contributed by atoms with Gasteiger partial charge in [0.15, 0.2) is 0 Å². The van der Waals surface area contributed by atoms with Crippen molar-refractivity contribution in [2.24, 2.45) is 5.41 Å². The van der Waals surface area contributed by atoms with Crippen LogP contribution >= 0.6 is 0 Å². The van der Waals surface area contributed by atoms with Gasteiger partial charge in [0.25, 0.3) is 0 Å². The Hall–Kier alpha value is -1.06. The number of esters is 2. The van der Waals surface area contributed by atoms with Crippen LogP contribution < -0.4 is 0 Å². The van der Waals surface area contributed by atoms with Crippen molar-refractivity contribution in [2.45, 2.75) is 79.2 Å². The highest BCUT2D eigenvalue weighted by Crippen LogP contribution is 2.22. The maximum absolute atomic E-state index is 11.6. The van der Waals surface area contributed by atoms with Crippen molar-refractivity contribution in [3.63, 3.8) is 0 Å². The lowest BCUT2D eigenvalue weighted by atomic mass is 9.90. The zero-order valence-corrected chi connectivity index (χ0v) is 13.7. The van der Waals surface area contributed by atoms with Gasteiger partial charge in [-0.15, -0.1) is 0 Å². The molecule has 0 aliphatic rings. The van der Waals surface area contributed by atoms with Gasteiger partial charge in [0, 0.05) is 12.8 Å². The van der Waals surface area contributed by atoms with Crippen LogP contribution in [0.3, 0.4) is 0 Å². The van der Waals surface area contributed by atoms with Crippen molar-refractivity contribution < 1.29 is 19.1 Å². The van der Waals surface area contributed by atoms with Crippen molar-refractivity contribution in [2.75, 3.05) is 6.61 Å². The molecule has 0 saturated carbocycles. The fourth-order valence-electron chi connectivity index (χ4n) is 1.97. The summed E-state index contributed by atoms with van der Waals surface area (Å²) < 4.78 is 10.3. The predicted molar refractivity (Wildman–Crippen MR) is 79.3 cm³/mol. The van der Waals surface area contributed by atoms with E-state index < -0.39 is 0 Å². The zero-order chi connectivity index (χ0) is 15.6. The van der Waals surface area contributed by atoms with Crippen LogP contribution in [0, 0.1) is 5.41 Å². The number of hydrogen-bond acceptors (Lipinski definition) is 4. The molecule has 0 aromatic rings. The van der Waals surface area contributed by atoms with Crippen LogP contribution in [0.15, 0.2) is 0 Å². The molecule has 1 unspecified atom stereocenters. The van der Waals surface area contributed by atoms with Crippen molar-refractivity contribution in [3.8, 4) is 0 Å². The maximum atomic E-state index is 11.6. The van der Waals surface area contributed by atoms with Crippen LogP contribution in [0.2, 0.25) is 0 Å². The van der Waals surface area contributed by atoms with E-state index in [1.165, 1.54) is 0 Å². The van der Waals surface area contributed by atoms with E-state index in [0.717, 1.165) is 19.3 Å². The first-order valence-electron chi connectivity index (χ1n) is 7.59. The van der Waals surface area contributed by atoms with Crippen molar-refractivity contribution >= 4 is 11.9 Å². The van der Waals surface area contributed by atoms with Gasteiger partial charge in [-0.2, -0.15) is 0 Å². The Morgan fingerprint density at radius 3 is 2.20 bits per heavy atom. The second-order valence-electron chi connectivity index (χ2n) is 6.49. The van der Waals surface area contributed by atoms with Gasteiger partial charge in [0.2, 0.25) is 0 Å². The highest BCUT2D eigenvalue weighted by molar-refractivity contribution is 5.72. The predicted octanol–water partition coefficient (Wildman–Crippen LogP) is 3.87. The normalized spacial score (nSPS) is 12.8. The minimum atomic E-state index is -0.233. The molecule has 1 atom stereocenters. The average molecular weight is 286 g/mol. The standard InChI is InChI=1S/C16H30O4/c1-6-7-11-19-14(17)9-8-10-15(18)20-13(2)12-16(3,4)5/h13H,6-12H2,1-5H3. The Bertz CT molecular complexity index is 291. The second-order valence-corrected chi connectivity index (χ2v) is 6.49. The first-order valence-corrected chi connectivity index (χ1v) is 7.59. The first-order chi connectivity index (χ1) is 9.24. The molecular formula is C16H30O4. The molecule has 0 rings (SSSR count). The number of carbonyl (C=O) groups excluding carboxylic acids is 2. The van der Waals surface area contributed by atoms with Gasteiger partial charge in [0.05, 0.1) is 12.7 Å². The summed E-state index contributed by atoms with van der Waals surface area (Å²) in [5, 5.41) is 0. The van der Waals surface area contributed by atoms with E-state index >= 15 is 0 Å². The smallest absolute Gasteiger partial charge is 0.306 e. The highest BCUT2D eigenvalue weighted by atomic mass is 16.5. The van der Waals surface area contributed by atoms with Crippen molar-refractivity contribution in [3.05, 3.63) is 0 Å². The quantitative estimate of drug-likeness (QED) is 0.477. The molecule has 0 amide bonds. The zero-order valence-electron chi connectivity index (χ0n) is 13.7. The summed E-state index contributed by atoms with van der Waals surface area (Å²) in [7, 11) is 0. The lowest BCUT2D eigenvalue weighted by Gasteiger charge is -2.23. The molecule has 0 fully saturated rings. The Morgan fingerprint density at radius 1 is 1.05 bits per heavy atom. The molecular weight excluding hydrogens is 256 g/mol. The number of ether oxygens (including phenoxy) is 2. The average Bonchev–Trinajstić information content (AvgIpc) is 2.26. The van der Waals surface area contributed by atoms with Crippen LogP contribution in [0.5, 0.6) is 0 Å². The molecule has 0 radical (unpaired) electrons. The largest absolute Gasteiger partial charge is 0.466 e. The van der Waals surface area contributed by atoms with Gasteiger partial charge in [-0.1, -0.05) is 34.1 Å². The fraction of sp³-hybridized carbons (Fsp3) is 0.875. The third kappa shape index (κ3) is 12.0. The van der Waals surface area contributed by atoms with E-state index in [9.17, 15) is 9.59 Å². The molecule has 0 aromatic carbocycles. The summed E-state index contributed by atoms with van der Waals surface area (Å²) in [5.41, 5.74) is 0.142. The van der Waals surface area contributed by atoms with E-state index in [1.807, 2.05) is 13.8 Å². The van der Waals surface area contributed by atoms with Crippen LogP contribution in [0.25, 0.3) is 0 Å². The second kappa shape index (κ2) is 9.78. The Balaban J connectivity index is 3.70. The van der Waals surface area contributed by atoms with Gasteiger partial charge in [0.1, 0.15) is 0 Å². The Labute approximate surface area is 123 Å². The molecule has 0 aliphatic heterocycles. The molecule has 0 saturated heterocycles. The summed E-state index contributed by atoms with van der Waals surface area (Å²) in [6, 6.07) is 0. The summed E-state index contributed by atoms with van der Waals surface area (Å²) in [6.45, 7) is 10.8. The van der Waals surface area contributed by atoms with Gasteiger partial charge < -0.3 is 9.47 Å². The molecule has 0 spiro atoms.